The van der Waals surface area contributed by atoms with Crippen LogP contribution in [-0.2, 0) is 0 Å². The number of thiazole rings is 1. The van der Waals surface area contributed by atoms with Crippen LogP contribution in [0.5, 0.6) is 0 Å². The predicted molar refractivity (Wildman–Crippen MR) is 269 cm³/mol. The Kier molecular flexibility index (Phi) is 8.60. The van der Waals surface area contributed by atoms with E-state index in [-0.39, 0.29) is 0 Å². The fourth-order valence-electron chi connectivity index (χ4n) is 9.42. The van der Waals surface area contributed by atoms with Gasteiger partial charge in [0.15, 0.2) is 11.6 Å². The van der Waals surface area contributed by atoms with E-state index in [0.717, 1.165) is 82.3 Å². The third-order valence-corrected chi connectivity index (χ3v) is 13.6. The van der Waals surface area contributed by atoms with E-state index in [0.29, 0.717) is 17.6 Å². The smallest absolute Gasteiger partial charge is 0.238 e. The highest BCUT2D eigenvalue weighted by molar-refractivity contribution is 7.22. The van der Waals surface area contributed by atoms with E-state index < -0.39 is 0 Å². The Morgan fingerprint density at radius 3 is 1.51 bits per heavy atom. The third kappa shape index (κ3) is 6.16. The third-order valence-electron chi connectivity index (χ3n) is 12.4. The van der Waals surface area contributed by atoms with Crippen molar-refractivity contribution in [1.82, 2.24) is 29.1 Å². The maximum Gasteiger partial charge on any atom is 0.238 e. The van der Waals surface area contributed by atoms with Gasteiger partial charge in [0.1, 0.15) is 5.01 Å². The Morgan fingerprint density at radius 1 is 0.338 bits per heavy atom. The van der Waals surface area contributed by atoms with Crippen LogP contribution in [0.15, 0.2) is 218 Å². The van der Waals surface area contributed by atoms with Gasteiger partial charge in [-0.15, -0.1) is 11.3 Å². The van der Waals surface area contributed by atoms with E-state index in [9.17, 15) is 0 Å². The molecule has 65 heavy (non-hydrogen) atoms. The van der Waals surface area contributed by atoms with Crippen molar-refractivity contribution in [2.75, 3.05) is 0 Å². The zero-order valence-corrected chi connectivity index (χ0v) is 35.7. The first-order valence-corrected chi connectivity index (χ1v) is 22.5. The molecule has 0 unspecified atom stereocenters. The van der Waals surface area contributed by atoms with E-state index in [1.807, 2.05) is 42.5 Å². The molecule has 0 saturated heterocycles. The highest BCUT2D eigenvalue weighted by Crippen LogP contribution is 2.43. The highest BCUT2D eigenvalue weighted by atomic mass is 32.1. The van der Waals surface area contributed by atoms with Crippen LogP contribution in [0.1, 0.15) is 0 Å². The van der Waals surface area contributed by atoms with E-state index in [2.05, 4.69) is 185 Å². The second-order valence-electron chi connectivity index (χ2n) is 16.2. The summed E-state index contributed by atoms with van der Waals surface area (Å²) in [6, 6.07) is 76.9. The molecule has 0 amide bonds. The quantitative estimate of drug-likeness (QED) is 0.160. The average molecular weight is 849 g/mol. The first-order valence-electron chi connectivity index (χ1n) is 21.7. The van der Waals surface area contributed by atoms with Crippen molar-refractivity contribution in [2.24, 2.45) is 0 Å². The molecule has 0 spiro atoms. The van der Waals surface area contributed by atoms with Crippen LogP contribution in [0.4, 0.5) is 0 Å². The van der Waals surface area contributed by atoms with Gasteiger partial charge in [-0.3, -0.25) is 4.57 Å². The van der Waals surface area contributed by atoms with Gasteiger partial charge < -0.3 is 4.57 Å². The van der Waals surface area contributed by atoms with Crippen molar-refractivity contribution >= 4 is 65.2 Å². The number of hydrogen-bond acceptors (Lipinski definition) is 5. The first kappa shape index (κ1) is 37.1. The molecule has 7 heteroatoms. The summed E-state index contributed by atoms with van der Waals surface area (Å²) in [6.07, 6.45) is 0. The summed E-state index contributed by atoms with van der Waals surface area (Å²) in [5, 5.41) is 5.61. The molecule has 0 atom stereocenters. The van der Waals surface area contributed by atoms with Gasteiger partial charge >= 0.3 is 0 Å². The van der Waals surface area contributed by atoms with Crippen molar-refractivity contribution in [3.8, 4) is 67.2 Å². The lowest BCUT2D eigenvalue weighted by Gasteiger charge is -2.14. The Bertz CT molecular complexity index is 3870. The SMILES string of the molecule is c1ccc(-c2nc(-c3ccccc3)nc(-n3c4ccccc4c4ccc5c6ccccc6n(-c6cccc(-c7ccc(-c8cccc9nc(-c%10ccccc%10)sc89)cc7)c6)c5c43)n2)cc1. The maximum absolute atomic E-state index is 5.28. The lowest BCUT2D eigenvalue weighted by molar-refractivity contribution is 0.953. The largest absolute Gasteiger partial charge is 0.307 e. The number of para-hydroxylation sites is 2. The summed E-state index contributed by atoms with van der Waals surface area (Å²) in [5.74, 6) is 1.80. The maximum atomic E-state index is 5.28. The Hall–Kier alpha value is -8.52. The molecule has 0 fully saturated rings. The summed E-state index contributed by atoms with van der Waals surface area (Å²) in [5.41, 5.74) is 14.0. The van der Waals surface area contributed by atoms with Gasteiger partial charge in [0.05, 0.1) is 32.3 Å². The lowest BCUT2D eigenvalue weighted by Crippen LogP contribution is -2.07. The molecule has 4 aromatic heterocycles. The molecule has 9 aromatic carbocycles. The predicted octanol–water partition coefficient (Wildman–Crippen LogP) is 15.0. The highest BCUT2D eigenvalue weighted by Gasteiger charge is 2.24. The molecule has 304 valence electrons. The fraction of sp³-hybridized carbons (Fsp3) is 0. The van der Waals surface area contributed by atoms with Gasteiger partial charge in [-0.1, -0.05) is 188 Å². The number of hydrogen-bond donors (Lipinski definition) is 0. The van der Waals surface area contributed by atoms with Gasteiger partial charge in [-0.25, -0.2) is 9.97 Å². The monoisotopic (exact) mass is 848 g/mol. The van der Waals surface area contributed by atoms with Crippen molar-refractivity contribution in [2.45, 2.75) is 0 Å². The fourth-order valence-corrected chi connectivity index (χ4v) is 10.5. The van der Waals surface area contributed by atoms with Crippen LogP contribution in [0.25, 0.3) is 121 Å². The van der Waals surface area contributed by atoms with E-state index >= 15 is 0 Å². The van der Waals surface area contributed by atoms with E-state index in [1.165, 1.54) is 21.2 Å². The zero-order chi connectivity index (χ0) is 42.8. The minimum absolute atomic E-state index is 0.562. The normalized spacial score (nSPS) is 11.7. The number of benzene rings is 9. The van der Waals surface area contributed by atoms with Gasteiger partial charge in [0.2, 0.25) is 5.95 Å². The molecule has 6 nitrogen and oxygen atoms in total. The number of fused-ring (bicyclic) bond motifs is 8. The first-order chi connectivity index (χ1) is 32.2. The van der Waals surface area contributed by atoms with E-state index in [4.69, 9.17) is 19.9 Å². The topological polar surface area (TPSA) is 61.4 Å². The number of rotatable bonds is 7. The summed E-state index contributed by atoms with van der Waals surface area (Å²) in [6.45, 7) is 0. The molecular weight excluding hydrogens is 813 g/mol. The molecular formula is C58H36N6S. The van der Waals surface area contributed by atoms with Crippen molar-refractivity contribution in [3.63, 3.8) is 0 Å². The lowest BCUT2D eigenvalue weighted by atomic mass is 10.00. The van der Waals surface area contributed by atoms with Gasteiger partial charge in [0.25, 0.3) is 0 Å². The molecule has 13 aromatic rings. The van der Waals surface area contributed by atoms with Crippen LogP contribution in [0, 0.1) is 0 Å². The van der Waals surface area contributed by atoms with Crippen molar-refractivity contribution in [3.05, 3.63) is 218 Å². The average Bonchev–Trinajstić information content (AvgIpc) is 4.08. The molecule has 0 aliphatic heterocycles. The van der Waals surface area contributed by atoms with Gasteiger partial charge in [-0.2, -0.15) is 9.97 Å². The molecule has 0 N–H and O–H groups in total. The summed E-state index contributed by atoms with van der Waals surface area (Å²) < 4.78 is 5.87. The zero-order valence-electron chi connectivity index (χ0n) is 34.9. The van der Waals surface area contributed by atoms with Crippen LogP contribution >= 0.6 is 11.3 Å². The molecule has 0 saturated carbocycles. The van der Waals surface area contributed by atoms with Crippen molar-refractivity contribution in [1.29, 1.82) is 0 Å². The summed E-state index contributed by atoms with van der Waals surface area (Å²) >= 11 is 1.75. The number of aromatic nitrogens is 6. The summed E-state index contributed by atoms with van der Waals surface area (Å²) in [7, 11) is 0. The minimum atomic E-state index is 0.562. The van der Waals surface area contributed by atoms with Crippen LogP contribution < -0.4 is 0 Å². The van der Waals surface area contributed by atoms with Crippen molar-refractivity contribution < 1.29 is 0 Å². The molecule has 0 aliphatic rings. The molecule has 4 heterocycles. The molecule has 0 radical (unpaired) electrons. The number of nitrogens with zero attached hydrogens (tertiary/aromatic N) is 6. The van der Waals surface area contributed by atoms with Gasteiger partial charge in [-0.05, 0) is 47.0 Å². The molecule has 13 rings (SSSR count). The Morgan fingerprint density at radius 2 is 0.862 bits per heavy atom. The second-order valence-corrected chi connectivity index (χ2v) is 17.2. The summed E-state index contributed by atoms with van der Waals surface area (Å²) in [4.78, 5) is 20.6. The van der Waals surface area contributed by atoms with Crippen LogP contribution in [0.3, 0.4) is 0 Å². The Balaban J connectivity index is 1.000. The second kappa shape index (κ2) is 15.1. The Labute approximate surface area is 378 Å². The minimum Gasteiger partial charge on any atom is -0.307 e. The van der Waals surface area contributed by atoms with Crippen LogP contribution in [-0.4, -0.2) is 29.1 Å². The van der Waals surface area contributed by atoms with Gasteiger partial charge in [0, 0.05) is 49.5 Å². The molecule has 0 aliphatic carbocycles. The van der Waals surface area contributed by atoms with Crippen LogP contribution in [0.2, 0.25) is 0 Å². The van der Waals surface area contributed by atoms with E-state index in [1.54, 1.807) is 11.3 Å². The standard InChI is InChI=1S/C58H36N6S/c1-4-16-39(17-5-1)55-60-56(40-18-6-2-7-19-40)62-58(61-55)64-51-29-13-11-25-46(51)48-35-34-47-45-24-10-12-28-50(45)63(52(47)53(48)64)43-23-14-22-42(36-43)37-30-32-38(33-31-37)44-26-15-27-49-54(44)65-57(59-49)41-20-8-3-9-21-41/h1-36H. The molecule has 0 bridgehead atoms.